The molecule has 13 heteroatoms. The summed E-state index contributed by atoms with van der Waals surface area (Å²) in [5.41, 5.74) is 4.44. The average Bonchev–Trinajstić information content (AvgIpc) is 2.57. The Kier molecular flexibility index (Phi) is 6.87. The number of halogens is 4. The number of hydrogen-bond acceptors (Lipinski definition) is 7. The van der Waals surface area contributed by atoms with Crippen molar-refractivity contribution in [2.75, 3.05) is 18.6 Å². The molecule has 8 nitrogen and oxygen atoms in total. The van der Waals surface area contributed by atoms with Crippen molar-refractivity contribution in [2.45, 2.75) is 37.5 Å². The van der Waals surface area contributed by atoms with Gasteiger partial charge >= 0.3 is 17.7 Å². The Morgan fingerprint density at radius 2 is 2.00 bits per heavy atom. The van der Waals surface area contributed by atoms with Gasteiger partial charge in [-0.15, -0.1) is 0 Å². The lowest BCUT2D eigenvalue weighted by Gasteiger charge is -2.32. The number of alkyl halides is 3. The zero-order valence-electron chi connectivity index (χ0n) is 15.4. The number of nitrogens with two attached hydrogens (primary N) is 1. The predicted molar refractivity (Wildman–Crippen MR) is 94.2 cm³/mol. The van der Waals surface area contributed by atoms with Crippen LogP contribution in [0.3, 0.4) is 0 Å². The van der Waals surface area contributed by atoms with Gasteiger partial charge in [0.05, 0.1) is 11.0 Å². The minimum absolute atomic E-state index is 0.0128. The fraction of sp³-hybridized carbons (Fsp3) is 0.625. The van der Waals surface area contributed by atoms with Crippen molar-refractivity contribution in [3.63, 3.8) is 0 Å². The van der Waals surface area contributed by atoms with Crippen LogP contribution in [-0.4, -0.2) is 57.0 Å². The van der Waals surface area contributed by atoms with Gasteiger partial charge in [-0.05, 0) is 24.1 Å². The molecule has 164 valence electrons. The van der Waals surface area contributed by atoms with Gasteiger partial charge in [0.2, 0.25) is 11.6 Å². The highest BCUT2D eigenvalue weighted by Gasteiger charge is 2.55. The molecule has 1 heterocycles. The minimum atomic E-state index is -5.08. The van der Waals surface area contributed by atoms with Crippen LogP contribution >= 0.6 is 0 Å². The molecule has 1 saturated heterocycles. The quantitative estimate of drug-likeness (QED) is 0.296. The molecule has 29 heavy (non-hydrogen) atoms. The lowest BCUT2D eigenvalue weighted by atomic mass is 9.91. The highest BCUT2D eigenvalue weighted by Crippen LogP contribution is 2.40. The van der Waals surface area contributed by atoms with E-state index in [-0.39, 0.29) is 23.5 Å². The highest BCUT2D eigenvalue weighted by molar-refractivity contribution is 7.85. The van der Waals surface area contributed by atoms with E-state index >= 15 is 0 Å². The number of nitro groups is 1. The van der Waals surface area contributed by atoms with Crippen molar-refractivity contribution in [2.24, 2.45) is 11.7 Å². The molecule has 5 atom stereocenters. The normalized spacial score (nSPS) is 27.3. The van der Waals surface area contributed by atoms with Crippen molar-refractivity contribution in [1.29, 1.82) is 0 Å². The lowest BCUT2D eigenvalue weighted by Crippen LogP contribution is -2.50. The van der Waals surface area contributed by atoms with Crippen LogP contribution in [0.15, 0.2) is 12.1 Å². The maximum atomic E-state index is 14.4. The van der Waals surface area contributed by atoms with Gasteiger partial charge in [-0.2, -0.15) is 17.6 Å². The van der Waals surface area contributed by atoms with Crippen LogP contribution < -0.4 is 10.5 Å². The maximum Gasteiger partial charge on any atom is 0.455 e. The van der Waals surface area contributed by atoms with Crippen molar-refractivity contribution >= 4 is 16.5 Å². The van der Waals surface area contributed by atoms with E-state index in [1.54, 1.807) is 0 Å². The molecule has 0 bridgehead atoms. The molecular formula is C16H20F4N2O6S. The van der Waals surface area contributed by atoms with Gasteiger partial charge < -0.3 is 20.3 Å². The van der Waals surface area contributed by atoms with Gasteiger partial charge in [0.15, 0.2) is 0 Å². The smallest absolute Gasteiger partial charge is 0.446 e. The Labute approximate surface area is 165 Å². The van der Waals surface area contributed by atoms with Gasteiger partial charge in [-0.3, -0.25) is 14.3 Å². The van der Waals surface area contributed by atoms with Crippen LogP contribution in [0.2, 0.25) is 0 Å². The molecule has 0 saturated carbocycles. The first-order chi connectivity index (χ1) is 13.3. The Bertz CT molecular complexity index is 808. The van der Waals surface area contributed by atoms with Gasteiger partial charge in [0.25, 0.3) is 0 Å². The van der Waals surface area contributed by atoms with Crippen molar-refractivity contribution in [3.8, 4) is 5.75 Å². The first-order valence-corrected chi connectivity index (χ1v) is 9.84. The highest BCUT2D eigenvalue weighted by atomic mass is 32.2. The van der Waals surface area contributed by atoms with Gasteiger partial charge in [-0.1, -0.05) is 0 Å². The van der Waals surface area contributed by atoms with Crippen molar-refractivity contribution < 1.29 is 41.3 Å². The van der Waals surface area contributed by atoms with Gasteiger partial charge in [-0.25, -0.2) is 0 Å². The largest absolute Gasteiger partial charge is 0.455 e. The standard InChI is InChI=1S/C16H20F4N2O6S/c1-15(27-2,16(18,19)20)28-12-5-8(4-10(17)13(12)22(24)25)3-9-6-29(26)7-11(21)14(9)23/h4-5,9,11,14,23H,3,6-7,21H2,1-2H3/t9-,11+,14+,15-,29-/m1/s1. The van der Waals surface area contributed by atoms with E-state index in [2.05, 4.69) is 4.74 Å². The molecule has 1 aliphatic rings. The van der Waals surface area contributed by atoms with Crippen LogP contribution in [0, 0.1) is 21.8 Å². The summed E-state index contributed by atoms with van der Waals surface area (Å²) in [4.78, 5) is 9.97. The first-order valence-electron chi connectivity index (χ1n) is 8.35. The molecule has 0 aromatic heterocycles. The van der Waals surface area contributed by atoms with E-state index in [1.165, 1.54) is 0 Å². The molecule has 1 aromatic carbocycles. The number of benzene rings is 1. The van der Waals surface area contributed by atoms with Crippen LogP contribution in [0.25, 0.3) is 0 Å². The summed E-state index contributed by atoms with van der Waals surface area (Å²) in [6.07, 6.45) is -6.28. The Hall–Kier alpha value is -1.83. The third kappa shape index (κ3) is 5.02. The summed E-state index contributed by atoms with van der Waals surface area (Å²) in [7, 11) is -0.644. The van der Waals surface area contributed by atoms with Gasteiger partial charge in [0.1, 0.15) is 0 Å². The molecule has 0 aliphatic carbocycles. The fourth-order valence-corrected chi connectivity index (χ4v) is 4.53. The molecule has 1 aromatic rings. The monoisotopic (exact) mass is 444 g/mol. The molecular weight excluding hydrogens is 424 g/mol. The number of rotatable bonds is 6. The summed E-state index contributed by atoms with van der Waals surface area (Å²) in [5, 5.41) is 21.3. The third-order valence-corrected chi connectivity index (χ3v) is 6.23. The van der Waals surface area contributed by atoms with E-state index < -0.39 is 63.0 Å². The number of ether oxygens (including phenoxy) is 2. The van der Waals surface area contributed by atoms with Crippen LogP contribution in [0.1, 0.15) is 12.5 Å². The Morgan fingerprint density at radius 1 is 1.38 bits per heavy atom. The second-order valence-electron chi connectivity index (χ2n) is 6.82. The molecule has 0 unspecified atom stereocenters. The predicted octanol–water partition coefficient (Wildman–Crippen LogP) is 1.65. The second-order valence-corrected chi connectivity index (χ2v) is 8.37. The van der Waals surface area contributed by atoms with E-state index in [0.29, 0.717) is 14.0 Å². The van der Waals surface area contributed by atoms with Crippen molar-refractivity contribution in [1.82, 2.24) is 0 Å². The summed E-state index contributed by atoms with van der Waals surface area (Å²) in [6, 6.07) is 0.855. The Balaban J connectivity index is 2.44. The second kappa shape index (κ2) is 8.50. The SMILES string of the molecule is CO[C@](C)(Oc1cc(C[C@@H]2C[S@@](=O)C[C@H](N)[C@H]2O)cc(F)c1[N+](=O)[O-])C(F)(F)F. The fourth-order valence-electron chi connectivity index (χ4n) is 2.98. The van der Waals surface area contributed by atoms with E-state index in [1.807, 2.05) is 0 Å². The zero-order chi connectivity index (χ0) is 22.1. The first kappa shape index (κ1) is 23.4. The van der Waals surface area contributed by atoms with Crippen LogP contribution in [-0.2, 0) is 22.0 Å². The number of aliphatic hydroxyl groups excluding tert-OH is 1. The van der Waals surface area contributed by atoms with Crippen LogP contribution in [0.5, 0.6) is 5.75 Å². The number of hydrogen-bond donors (Lipinski definition) is 2. The molecule has 2 rings (SSSR count). The molecule has 3 N–H and O–H groups in total. The summed E-state index contributed by atoms with van der Waals surface area (Å²) in [5.74, 6) is -6.22. The molecule has 1 aliphatic heterocycles. The summed E-state index contributed by atoms with van der Waals surface area (Å²) < 4.78 is 74.9. The van der Waals surface area contributed by atoms with E-state index in [0.717, 1.165) is 12.1 Å². The molecule has 0 amide bonds. The molecule has 1 fully saturated rings. The topological polar surface area (TPSA) is 125 Å². The lowest BCUT2D eigenvalue weighted by molar-refractivity contribution is -0.392. The van der Waals surface area contributed by atoms with E-state index in [9.17, 15) is 37.0 Å². The number of methoxy groups -OCH3 is 1. The third-order valence-electron chi connectivity index (χ3n) is 4.68. The number of aliphatic hydroxyl groups is 1. The number of nitro benzene ring substituents is 1. The number of nitrogens with zero attached hydrogens (tertiary/aromatic N) is 1. The molecule has 0 radical (unpaired) electrons. The van der Waals surface area contributed by atoms with Crippen LogP contribution in [0.4, 0.5) is 23.2 Å². The molecule has 0 spiro atoms. The zero-order valence-corrected chi connectivity index (χ0v) is 16.3. The van der Waals surface area contributed by atoms with Crippen molar-refractivity contribution in [3.05, 3.63) is 33.6 Å². The summed E-state index contributed by atoms with van der Waals surface area (Å²) >= 11 is 0. The van der Waals surface area contributed by atoms with E-state index in [4.69, 9.17) is 10.5 Å². The summed E-state index contributed by atoms with van der Waals surface area (Å²) in [6.45, 7) is 0.494. The average molecular weight is 444 g/mol. The Morgan fingerprint density at radius 3 is 2.52 bits per heavy atom. The maximum absolute atomic E-state index is 14.4. The minimum Gasteiger partial charge on any atom is -0.446 e. The van der Waals surface area contributed by atoms with Gasteiger partial charge in [0, 0.05) is 48.3 Å².